The van der Waals surface area contributed by atoms with Gasteiger partial charge < -0.3 is 14.7 Å². The molecule has 0 atom stereocenters. The lowest BCUT2D eigenvalue weighted by atomic mass is 9.98. The number of likely N-dealkylation sites (N-methyl/N-ethyl adjacent to an activating group) is 1. The lowest BCUT2D eigenvalue weighted by Gasteiger charge is -2.36. The number of nitrogens with zero attached hydrogens (tertiary/aromatic N) is 3. The second-order valence-corrected chi connectivity index (χ2v) is 6.06. The number of rotatable bonds is 3. The monoisotopic (exact) mass is 327 g/mol. The Bertz CT molecular complexity index is 615. The number of hydrogen-bond donors (Lipinski definition) is 0. The summed E-state index contributed by atoms with van der Waals surface area (Å²) in [6.45, 7) is 2.08. The van der Waals surface area contributed by atoms with Crippen LogP contribution in [0.25, 0.3) is 0 Å². The first-order valence-corrected chi connectivity index (χ1v) is 7.82. The van der Waals surface area contributed by atoms with Crippen LogP contribution in [0.3, 0.4) is 0 Å². The third kappa shape index (κ3) is 2.89. The van der Waals surface area contributed by atoms with E-state index in [2.05, 4.69) is 4.90 Å². The first-order valence-electron chi connectivity index (χ1n) is 7.82. The van der Waals surface area contributed by atoms with E-state index in [-0.39, 0.29) is 42.2 Å². The van der Waals surface area contributed by atoms with Gasteiger partial charge in [-0.2, -0.15) is 0 Å². The number of piperazine rings is 1. The predicted molar refractivity (Wildman–Crippen MR) is 83.2 cm³/mol. The molecule has 0 amide bonds. The normalized spacial score (nSPS) is 19.2. The van der Waals surface area contributed by atoms with Gasteiger partial charge in [-0.25, -0.2) is 13.2 Å². The molecule has 126 valence electrons. The predicted octanol–water partition coefficient (Wildman–Crippen LogP) is 2.08. The molecule has 1 aromatic carbocycles. The fraction of sp³-hybridized carbons (Fsp3) is 0.562. The molecule has 23 heavy (non-hydrogen) atoms. The maximum Gasteiger partial charge on any atom is 0.173 e. The van der Waals surface area contributed by atoms with Gasteiger partial charge in [-0.1, -0.05) is 0 Å². The Morgan fingerprint density at radius 2 is 1.78 bits per heavy atom. The average molecular weight is 327 g/mol. The van der Waals surface area contributed by atoms with Crippen LogP contribution in [0.5, 0.6) is 0 Å². The molecule has 0 aliphatic carbocycles. The minimum absolute atomic E-state index is 0.00497. The molecule has 1 fully saturated rings. The van der Waals surface area contributed by atoms with Crippen molar-refractivity contribution in [1.29, 1.82) is 0 Å². The third-order valence-corrected chi connectivity index (χ3v) is 4.57. The van der Waals surface area contributed by atoms with Crippen molar-refractivity contribution in [2.24, 2.45) is 0 Å². The smallest absolute Gasteiger partial charge is 0.173 e. The van der Waals surface area contributed by atoms with Gasteiger partial charge in [0.05, 0.1) is 5.69 Å². The fourth-order valence-corrected chi connectivity index (χ4v) is 3.25. The van der Waals surface area contributed by atoms with E-state index in [0.717, 1.165) is 6.07 Å². The highest BCUT2D eigenvalue weighted by molar-refractivity contribution is 6.04. The van der Waals surface area contributed by atoms with E-state index in [0.29, 0.717) is 26.2 Å². The number of anilines is 2. The minimum atomic E-state index is -0.744. The molecule has 1 aromatic rings. The Balaban J connectivity index is 2.05. The van der Waals surface area contributed by atoms with Crippen LogP contribution in [0.15, 0.2) is 6.07 Å². The number of benzene rings is 1. The zero-order chi connectivity index (χ0) is 16.6. The maximum atomic E-state index is 15.0. The van der Waals surface area contributed by atoms with E-state index in [1.807, 2.05) is 7.05 Å². The van der Waals surface area contributed by atoms with E-state index >= 15 is 4.39 Å². The molecule has 7 heteroatoms. The van der Waals surface area contributed by atoms with Gasteiger partial charge in [-0.05, 0) is 13.1 Å². The van der Waals surface area contributed by atoms with Crippen molar-refractivity contribution >= 4 is 17.2 Å². The molecular formula is C16H20F3N3O. The van der Waals surface area contributed by atoms with Gasteiger partial charge >= 0.3 is 0 Å². The maximum absolute atomic E-state index is 15.0. The van der Waals surface area contributed by atoms with E-state index in [4.69, 9.17) is 0 Å². The van der Waals surface area contributed by atoms with Gasteiger partial charge in [-0.3, -0.25) is 4.79 Å². The summed E-state index contributed by atoms with van der Waals surface area (Å²) >= 11 is 0. The van der Waals surface area contributed by atoms with Crippen LogP contribution >= 0.6 is 0 Å². The SMILES string of the molecule is CN1CCN(c2c(F)cc3c(c2F)N(CCF)CCC3=O)CC1. The summed E-state index contributed by atoms with van der Waals surface area (Å²) in [7, 11) is 1.96. The van der Waals surface area contributed by atoms with Crippen molar-refractivity contribution in [3.63, 3.8) is 0 Å². The highest BCUT2D eigenvalue weighted by atomic mass is 19.1. The van der Waals surface area contributed by atoms with Crippen molar-refractivity contribution in [3.8, 4) is 0 Å². The second-order valence-electron chi connectivity index (χ2n) is 6.06. The number of halogens is 3. The number of alkyl halides is 1. The highest BCUT2D eigenvalue weighted by Crippen LogP contribution is 2.38. The van der Waals surface area contributed by atoms with Crippen LogP contribution < -0.4 is 9.80 Å². The van der Waals surface area contributed by atoms with Gasteiger partial charge in [0, 0.05) is 51.3 Å². The molecule has 0 radical (unpaired) electrons. The Labute approximate surface area is 133 Å². The summed E-state index contributed by atoms with van der Waals surface area (Å²) in [6.07, 6.45) is 0.153. The molecule has 3 rings (SSSR count). The fourth-order valence-electron chi connectivity index (χ4n) is 3.25. The van der Waals surface area contributed by atoms with Crippen molar-refractivity contribution < 1.29 is 18.0 Å². The second kappa shape index (κ2) is 6.39. The topological polar surface area (TPSA) is 26.8 Å². The number of fused-ring (bicyclic) bond motifs is 1. The molecular weight excluding hydrogens is 307 g/mol. The van der Waals surface area contributed by atoms with Gasteiger partial charge in [0.25, 0.3) is 0 Å². The molecule has 0 saturated carbocycles. The molecule has 0 unspecified atom stereocenters. The minimum Gasteiger partial charge on any atom is -0.365 e. The van der Waals surface area contributed by atoms with Crippen molar-refractivity contribution in [2.75, 3.05) is 62.8 Å². The zero-order valence-corrected chi connectivity index (χ0v) is 13.1. The molecule has 1 saturated heterocycles. The van der Waals surface area contributed by atoms with Crippen LogP contribution in [0.1, 0.15) is 16.8 Å². The lowest BCUT2D eigenvalue weighted by Crippen LogP contribution is -2.45. The molecule has 0 bridgehead atoms. The number of Topliss-reactive ketones (excluding diaryl/α,β-unsaturated/α-hetero) is 1. The molecule has 0 spiro atoms. The quantitative estimate of drug-likeness (QED) is 0.849. The summed E-state index contributed by atoms with van der Waals surface area (Å²) in [6, 6.07) is 1.11. The largest absolute Gasteiger partial charge is 0.365 e. The zero-order valence-electron chi connectivity index (χ0n) is 13.1. The summed E-state index contributed by atoms with van der Waals surface area (Å²) in [4.78, 5) is 17.3. The van der Waals surface area contributed by atoms with Gasteiger partial charge in [0.15, 0.2) is 11.6 Å². The first-order chi connectivity index (χ1) is 11.0. The highest BCUT2D eigenvalue weighted by Gasteiger charge is 2.32. The Morgan fingerprint density at radius 1 is 1.09 bits per heavy atom. The molecule has 4 nitrogen and oxygen atoms in total. The van der Waals surface area contributed by atoms with Gasteiger partial charge in [0.2, 0.25) is 0 Å². The van der Waals surface area contributed by atoms with Crippen LogP contribution in [0, 0.1) is 11.6 Å². The number of hydrogen-bond acceptors (Lipinski definition) is 4. The molecule has 2 aliphatic heterocycles. The first kappa shape index (κ1) is 16.1. The van der Waals surface area contributed by atoms with Crippen molar-refractivity contribution in [1.82, 2.24) is 4.90 Å². The van der Waals surface area contributed by atoms with E-state index in [9.17, 15) is 13.6 Å². The summed E-state index contributed by atoms with van der Waals surface area (Å²) < 4.78 is 42.2. The van der Waals surface area contributed by atoms with Crippen molar-refractivity contribution in [3.05, 3.63) is 23.3 Å². The van der Waals surface area contributed by atoms with E-state index < -0.39 is 18.3 Å². The van der Waals surface area contributed by atoms with Crippen LogP contribution in [-0.2, 0) is 0 Å². The standard InChI is InChI=1S/C16H20F3N3O/c1-20-6-8-22(9-7-20)16-12(18)10-11-13(23)2-4-21(5-3-17)15(11)14(16)19/h10H,2-9H2,1H3. The number of carbonyl (C=O) groups is 1. The molecule has 2 heterocycles. The van der Waals surface area contributed by atoms with E-state index in [1.165, 1.54) is 4.90 Å². The van der Waals surface area contributed by atoms with Gasteiger partial charge in [-0.15, -0.1) is 0 Å². The van der Waals surface area contributed by atoms with Crippen LogP contribution in [-0.4, -0.2) is 63.7 Å². The Morgan fingerprint density at radius 3 is 2.43 bits per heavy atom. The molecule has 0 aromatic heterocycles. The summed E-state index contributed by atoms with van der Waals surface area (Å²) in [5.41, 5.74) is -0.0257. The molecule has 0 N–H and O–H groups in total. The van der Waals surface area contributed by atoms with Gasteiger partial charge in [0.1, 0.15) is 18.2 Å². The van der Waals surface area contributed by atoms with Crippen LogP contribution in [0.2, 0.25) is 0 Å². The Kier molecular flexibility index (Phi) is 4.48. The van der Waals surface area contributed by atoms with Crippen LogP contribution in [0.4, 0.5) is 24.5 Å². The lowest BCUT2D eigenvalue weighted by molar-refractivity contribution is 0.0978. The van der Waals surface area contributed by atoms with E-state index in [1.54, 1.807) is 4.90 Å². The number of carbonyl (C=O) groups excluding carboxylic acids is 1. The summed E-state index contributed by atoms with van der Waals surface area (Å²) in [5, 5.41) is 0. The average Bonchev–Trinajstić information content (AvgIpc) is 2.52. The Hall–Kier alpha value is -1.76. The molecule has 2 aliphatic rings. The number of ketones is 1. The summed E-state index contributed by atoms with van der Waals surface area (Å²) in [5.74, 6) is -1.76. The van der Waals surface area contributed by atoms with Crippen molar-refractivity contribution in [2.45, 2.75) is 6.42 Å². The third-order valence-electron chi connectivity index (χ3n) is 4.57.